The summed E-state index contributed by atoms with van der Waals surface area (Å²) < 4.78 is 5.14. The maximum atomic E-state index is 5.88. The maximum absolute atomic E-state index is 5.88. The first-order chi connectivity index (χ1) is 8.29. The molecule has 3 N–H and O–H groups in total. The average Bonchev–Trinajstić information content (AvgIpc) is 2.27. The van der Waals surface area contributed by atoms with Crippen LogP contribution in [0.3, 0.4) is 0 Å². The van der Waals surface area contributed by atoms with Crippen LogP contribution in [0.4, 0.5) is 5.69 Å². The summed E-state index contributed by atoms with van der Waals surface area (Å²) in [5, 5.41) is 3.14. The summed E-state index contributed by atoms with van der Waals surface area (Å²) in [6.07, 6.45) is 3.58. The molecule has 0 aliphatic heterocycles. The van der Waals surface area contributed by atoms with Crippen LogP contribution in [0, 0.1) is 0 Å². The van der Waals surface area contributed by atoms with Gasteiger partial charge in [-0.05, 0) is 25.3 Å². The predicted octanol–water partition coefficient (Wildman–Crippen LogP) is 2.73. The zero-order chi connectivity index (χ0) is 12.1. The zero-order valence-electron chi connectivity index (χ0n) is 10.6. The molecule has 1 aromatic rings. The van der Waals surface area contributed by atoms with E-state index < -0.39 is 0 Å². The van der Waals surface area contributed by atoms with Crippen LogP contribution in [-0.2, 0) is 11.3 Å². The number of nitrogens with one attached hydrogen (secondary N) is 1. The molecule has 1 aromatic carbocycles. The molecule has 1 saturated carbocycles. The molecule has 0 unspecified atom stereocenters. The van der Waals surface area contributed by atoms with Gasteiger partial charge in [0.25, 0.3) is 0 Å². The van der Waals surface area contributed by atoms with Gasteiger partial charge >= 0.3 is 0 Å². The molecular formula is C13H20IN3O. The fourth-order valence-electron chi connectivity index (χ4n) is 1.81. The molecule has 0 aromatic heterocycles. The van der Waals surface area contributed by atoms with E-state index in [0.29, 0.717) is 18.6 Å². The van der Waals surface area contributed by atoms with Gasteiger partial charge < -0.3 is 15.8 Å². The minimum Gasteiger partial charge on any atom is -0.380 e. The lowest BCUT2D eigenvalue weighted by Gasteiger charge is -2.22. The smallest absolute Gasteiger partial charge is 0.193 e. The van der Waals surface area contributed by atoms with E-state index in [1.54, 1.807) is 7.11 Å². The van der Waals surface area contributed by atoms with E-state index in [2.05, 4.69) is 10.3 Å². The highest BCUT2D eigenvalue weighted by Crippen LogP contribution is 2.22. The Morgan fingerprint density at radius 3 is 2.78 bits per heavy atom. The van der Waals surface area contributed by atoms with Crippen molar-refractivity contribution in [2.24, 2.45) is 10.7 Å². The molecule has 1 fully saturated rings. The number of rotatable bonds is 4. The molecule has 0 amide bonds. The first kappa shape index (κ1) is 15.2. The molecule has 100 valence electrons. The topological polar surface area (TPSA) is 59.6 Å². The van der Waals surface area contributed by atoms with Gasteiger partial charge in [0.15, 0.2) is 5.96 Å². The predicted molar refractivity (Wildman–Crippen MR) is 85.5 cm³/mol. The molecule has 18 heavy (non-hydrogen) atoms. The quantitative estimate of drug-likeness (QED) is 0.493. The highest BCUT2D eigenvalue weighted by molar-refractivity contribution is 14.0. The van der Waals surface area contributed by atoms with Crippen molar-refractivity contribution in [3.05, 3.63) is 29.8 Å². The highest BCUT2D eigenvalue weighted by Gasteiger charge is 2.16. The summed E-state index contributed by atoms with van der Waals surface area (Å²) in [4.78, 5) is 4.42. The van der Waals surface area contributed by atoms with Crippen LogP contribution in [0.25, 0.3) is 0 Å². The third kappa shape index (κ3) is 4.13. The van der Waals surface area contributed by atoms with Crippen molar-refractivity contribution in [1.29, 1.82) is 0 Å². The Kier molecular flexibility index (Phi) is 6.42. The van der Waals surface area contributed by atoms with Gasteiger partial charge in [-0.15, -0.1) is 24.0 Å². The van der Waals surface area contributed by atoms with Gasteiger partial charge in [0.2, 0.25) is 0 Å². The first-order valence-electron chi connectivity index (χ1n) is 5.96. The number of guanidine groups is 1. The molecule has 0 saturated heterocycles. The van der Waals surface area contributed by atoms with Crippen molar-refractivity contribution in [2.45, 2.75) is 31.9 Å². The number of methoxy groups -OCH3 is 1. The van der Waals surface area contributed by atoms with E-state index >= 15 is 0 Å². The normalized spacial score (nSPS) is 15.7. The van der Waals surface area contributed by atoms with Crippen LogP contribution in [-0.4, -0.2) is 19.1 Å². The Balaban J connectivity index is 0.00000162. The Hall–Kier alpha value is -0.820. The van der Waals surface area contributed by atoms with Crippen molar-refractivity contribution < 1.29 is 4.74 Å². The summed E-state index contributed by atoms with van der Waals surface area (Å²) in [5.74, 6) is 0.498. The number of anilines is 1. The number of nitrogens with two attached hydrogens (primary N) is 1. The van der Waals surface area contributed by atoms with Gasteiger partial charge in [0, 0.05) is 18.4 Å². The molecule has 4 nitrogen and oxygen atoms in total. The summed E-state index contributed by atoms with van der Waals surface area (Å²) in [6.45, 7) is 0.569. The molecule has 2 rings (SSSR count). The van der Waals surface area contributed by atoms with Gasteiger partial charge in [0.05, 0.1) is 12.6 Å². The standard InChI is InChI=1S/C13H19N3O.HI/c1-17-9-10-5-2-3-8-12(10)16-13(14)15-11-6-4-7-11;/h2-3,5,8,11H,4,6-7,9H2,1H3,(H3,14,15,16);1H. The molecule has 0 heterocycles. The van der Waals surface area contributed by atoms with Crippen LogP contribution in [0.1, 0.15) is 24.8 Å². The average molecular weight is 361 g/mol. The Morgan fingerprint density at radius 2 is 2.17 bits per heavy atom. The first-order valence-corrected chi connectivity index (χ1v) is 5.96. The second-order valence-corrected chi connectivity index (χ2v) is 4.31. The molecule has 5 heteroatoms. The second-order valence-electron chi connectivity index (χ2n) is 4.31. The van der Waals surface area contributed by atoms with Crippen LogP contribution in [0.15, 0.2) is 29.3 Å². The lowest BCUT2D eigenvalue weighted by molar-refractivity contribution is 0.185. The Labute approximate surface area is 125 Å². The molecule has 1 aliphatic carbocycles. The van der Waals surface area contributed by atoms with Gasteiger partial charge in [0.1, 0.15) is 0 Å². The van der Waals surface area contributed by atoms with Crippen LogP contribution >= 0.6 is 24.0 Å². The molecule has 1 aliphatic rings. The van der Waals surface area contributed by atoms with E-state index in [9.17, 15) is 0 Å². The minimum atomic E-state index is 0. The molecule has 0 spiro atoms. The largest absolute Gasteiger partial charge is 0.380 e. The van der Waals surface area contributed by atoms with Crippen molar-refractivity contribution in [3.63, 3.8) is 0 Å². The number of benzene rings is 1. The van der Waals surface area contributed by atoms with E-state index in [-0.39, 0.29) is 24.0 Å². The monoisotopic (exact) mass is 361 g/mol. The van der Waals surface area contributed by atoms with Gasteiger partial charge in [-0.3, -0.25) is 0 Å². The van der Waals surface area contributed by atoms with E-state index in [1.165, 1.54) is 6.42 Å². The summed E-state index contributed by atoms with van der Waals surface area (Å²) >= 11 is 0. The van der Waals surface area contributed by atoms with E-state index in [1.807, 2.05) is 24.3 Å². The lowest BCUT2D eigenvalue weighted by atomic mass is 9.94. The SMILES string of the molecule is COCc1ccccc1NC(N)=NC1CCC1.I. The second kappa shape index (κ2) is 7.58. The zero-order valence-corrected chi connectivity index (χ0v) is 12.9. The summed E-state index contributed by atoms with van der Waals surface area (Å²) in [5.41, 5.74) is 7.93. The third-order valence-corrected chi connectivity index (χ3v) is 2.98. The van der Waals surface area contributed by atoms with Crippen LogP contribution in [0.2, 0.25) is 0 Å². The lowest BCUT2D eigenvalue weighted by Crippen LogP contribution is -2.28. The number of ether oxygens (including phenoxy) is 1. The van der Waals surface area contributed by atoms with Crippen LogP contribution < -0.4 is 11.1 Å². The highest BCUT2D eigenvalue weighted by atomic mass is 127. The molecule has 0 bridgehead atoms. The number of nitrogens with zero attached hydrogens (tertiary/aromatic N) is 1. The van der Waals surface area contributed by atoms with Crippen LogP contribution in [0.5, 0.6) is 0 Å². The number of hydrogen-bond acceptors (Lipinski definition) is 2. The fraction of sp³-hybridized carbons (Fsp3) is 0.462. The van der Waals surface area contributed by atoms with Gasteiger partial charge in [-0.1, -0.05) is 18.2 Å². The third-order valence-electron chi connectivity index (χ3n) is 2.98. The van der Waals surface area contributed by atoms with Gasteiger partial charge in [-0.2, -0.15) is 0 Å². The summed E-state index contributed by atoms with van der Waals surface area (Å²) in [7, 11) is 1.68. The van der Waals surface area contributed by atoms with Crippen molar-refractivity contribution in [1.82, 2.24) is 0 Å². The van der Waals surface area contributed by atoms with E-state index in [4.69, 9.17) is 10.5 Å². The van der Waals surface area contributed by atoms with Crippen molar-refractivity contribution >= 4 is 35.6 Å². The Morgan fingerprint density at radius 1 is 1.44 bits per heavy atom. The summed E-state index contributed by atoms with van der Waals surface area (Å²) in [6, 6.07) is 8.37. The Bertz CT molecular complexity index is 405. The van der Waals surface area contributed by atoms with Gasteiger partial charge in [-0.25, -0.2) is 4.99 Å². The maximum Gasteiger partial charge on any atom is 0.193 e. The number of halogens is 1. The minimum absolute atomic E-state index is 0. The molecule has 0 atom stereocenters. The van der Waals surface area contributed by atoms with E-state index in [0.717, 1.165) is 24.1 Å². The van der Waals surface area contributed by atoms with Crippen molar-refractivity contribution in [2.75, 3.05) is 12.4 Å². The molecular weight excluding hydrogens is 341 g/mol. The molecule has 0 radical (unpaired) electrons. The fourth-order valence-corrected chi connectivity index (χ4v) is 1.81. The number of para-hydroxylation sites is 1. The number of aliphatic imine (C=N–C) groups is 1. The van der Waals surface area contributed by atoms with Crippen molar-refractivity contribution in [3.8, 4) is 0 Å². The number of hydrogen-bond donors (Lipinski definition) is 2.